The minimum atomic E-state index is -2.30. The van der Waals surface area contributed by atoms with Gasteiger partial charge in [0.05, 0.1) is 34.5 Å². The maximum atomic E-state index is 14.1. The molecule has 0 spiro atoms. The van der Waals surface area contributed by atoms with E-state index in [-0.39, 0.29) is 13.4 Å². The van der Waals surface area contributed by atoms with Gasteiger partial charge < -0.3 is 37.9 Å². The number of benzene rings is 3. The van der Waals surface area contributed by atoms with Crippen molar-refractivity contribution < 1.29 is 52.3 Å². The first kappa shape index (κ1) is 28.7. The Kier molecular flexibility index (Phi) is 8.21. The van der Waals surface area contributed by atoms with Crippen molar-refractivity contribution >= 4 is 17.9 Å². The molecule has 11 heteroatoms. The molecule has 2 heterocycles. The SMILES string of the molecule is COC(=O)C1(C(=O)OC)[C@H](C(=O)OCc2ccccc2)[C@@H](c2ccc(OC)c(OC)c2)O[C@H]1c1ccc2c(c1)OCO2. The number of carbonyl (C=O) groups excluding carboxylic acids is 3. The summed E-state index contributed by atoms with van der Waals surface area (Å²) in [7, 11) is 5.20. The molecule has 42 heavy (non-hydrogen) atoms. The lowest BCUT2D eigenvalue weighted by atomic mass is 9.68. The summed E-state index contributed by atoms with van der Waals surface area (Å²) in [4.78, 5) is 41.7. The van der Waals surface area contributed by atoms with Crippen molar-refractivity contribution in [3.8, 4) is 23.0 Å². The van der Waals surface area contributed by atoms with Crippen LogP contribution in [0.5, 0.6) is 23.0 Å². The summed E-state index contributed by atoms with van der Waals surface area (Å²) in [5.74, 6) is -2.80. The van der Waals surface area contributed by atoms with Gasteiger partial charge in [-0.25, -0.2) is 0 Å². The number of methoxy groups -OCH3 is 4. The lowest BCUT2D eigenvalue weighted by Crippen LogP contribution is -2.51. The van der Waals surface area contributed by atoms with Crippen LogP contribution < -0.4 is 18.9 Å². The second-order valence-electron chi connectivity index (χ2n) is 9.59. The largest absolute Gasteiger partial charge is 0.493 e. The van der Waals surface area contributed by atoms with Crippen LogP contribution in [-0.4, -0.2) is 53.1 Å². The number of ether oxygens (including phenoxy) is 8. The molecule has 0 aliphatic carbocycles. The molecule has 0 bridgehead atoms. The van der Waals surface area contributed by atoms with Gasteiger partial charge in [-0.15, -0.1) is 0 Å². The van der Waals surface area contributed by atoms with E-state index in [0.717, 1.165) is 14.2 Å². The standard InChI is InChI=1S/C31H30O11/c1-35-21-12-10-19(14-23(21)36-2)26-25(28(32)39-16-18-8-6-5-7-9-18)31(29(33)37-3,30(34)38-4)27(42-26)20-11-13-22-24(15-20)41-17-40-22/h5-15,25-27H,16-17H2,1-4H3/t25-,26+,27-/m0/s1. The second kappa shape index (κ2) is 12.0. The topological polar surface area (TPSA) is 125 Å². The fraction of sp³-hybridized carbons (Fsp3) is 0.323. The lowest BCUT2D eigenvalue weighted by Gasteiger charge is -2.32. The van der Waals surface area contributed by atoms with Gasteiger partial charge in [-0.1, -0.05) is 42.5 Å². The molecule has 3 aromatic rings. The first-order chi connectivity index (χ1) is 20.4. The number of fused-ring (bicyclic) bond motifs is 1. The third-order valence-corrected chi connectivity index (χ3v) is 7.45. The van der Waals surface area contributed by atoms with Crippen LogP contribution in [0.2, 0.25) is 0 Å². The van der Waals surface area contributed by atoms with Crippen LogP contribution in [0.4, 0.5) is 0 Å². The van der Waals surface area contributed by atoms with Gasteiger partial charge in [0.25, 0.3) is 0 Å². The zero-order chi connectivity index (χ0) is 29.9. The lowest BCUT2D eigenvalue weighted by molar-refractivity contribution is -0.182. The minimum absolute atomic E-state index is 0.00611. The Morgan fingerprint density at radius 3 is 2.12 bits per heavy atom. The molecular formula is C31H30O11. The van der Waals surface area contributed by atoms with Crippen LogP contribution in [0.3, 0.4) is 0 Å². The molecule has 3 atom stereocenters. The van der Waals surface area contributed by atoms with Crippen molar-refractivity contribution in [3.63, 3.8) is 0 Å². The highest BCUT2D eigenvalue weighted by Gasteiger charge is 2.71. The van der Waals surface area contributed by atoms with E-state index in [0.29, 0.717) is 39.7 Å². The molecule has 2 aliphatic heterocycles. The molecular weight excluding hydrogens is 548 g/mol. The van der Waals surface area contributed by atoms with Gasteiger partial charge in [-0.2, -0.15) is 0 Å². The Morgan fingerprint density at radius 1 is 0.786 bits per heavy atom. The summed E-state index contributed by atoms with van der Waals surface area (Å²) in [5.41, 5.74) is -0.807. The van der Waals surface area contributed by atoms with E-state index in [1.807, 2.05) is 6.07 Å². The number of carbonyl (C=O) groups is 3. The van der Waals surface area contributed by atoms with E-state index in [1.165, 1.54) is 14.2 Å². The third-order valence-electron chi connectivity index (χ3n) is 7.45. The van der Waals surface area contributed by atoms with Gasteiger partial charge in [0.15, 0.2) is 23.0 Å². The molecule has 5 rings (SSSR count). The highest BCUT2D eigenvalue weighted by Crippen LogP contribution is 2.60. The predicted octanol–water partition coefficient (Wildman–Crippen LogP) is 3.94. The van der Waals surface area contributed by atoms with Crippen LogP contribution in [-0.2, 0) is 39.9 Å². The van der Waals surface area contributed by atoms with Gasteiger partial charge in [-0.3, -0.25) is 14.4 Å². The summed E-state index contributed by atoms with van der Waals surface area (Å²) in [6.07, 6.45) is -2.53. The molecule has 2 aliphatic rings. The van der Waals surface area contributed by atoms with Gasteiger partial charge in [0, 0.05) is 0 Å². The fourth-order valence-electron chi connectivity index (χ4n) is 5.47. The highest BCUT2D eigenvalue weighted by atomic mass is 16.7. The van der Waals surface area contributed by atoms with Crippen LogP contribution in [0.15, 0.2) is 66.7 Å². The van der Waals surface area contributed by atoms with E-state index < -0.39 is 41.4 Å². The smallest absolute Gasteiger partial charge is 0.327 e. The summed E-state index contributed by atoms with van der Waals surface area (Å²) < 4.78 is 44.4. The Hall–Kier alpha value is -4.77. The van der Waals surface area contributed by atoms with Crippen LogP contribution in [0.1, 0.15) is 28.9 Å². The number of rotatable bonds is 9. The molecule has 0 saturated carbocycles. The summed E-state index contributed by atoms with van der Waals surface area (Å²) in [6, 6.07) is 18.8. The van der Waals surface area contributed by atoms with Crippen LogP contribution in [0.25, 0.3) is 0 Å². The third kappa shape index (κ3) is 4.85. The zero-order valence-corrected chi connectivity index (χ0v) is 23.5. The fourth-order valence-corrected chi connectivity index (χ4v) is 5.47. The average molecular weight is 579 g/mol. The van der Waals surface area contributed by atoms with Crippen LogP contribution >= 0.6 is 0 Å². The molecule has 1 saturated heterocycles. The molecule has 0 amide bonds. The Morgan fingerprint density at radius 2 is 1.45 bits per heavy atom. The molecule has 220 valence electrons. The highest BCUT2D eigenvalue weighted by molar-refractivity contribution is 6.05. The van der Waals surface area contributed by atoms with E-state index in [1.54, 1.807) is 60.7 Å². The molecule has 3 aromatic carbocycles. The normalized spacial score (nSPS) is 20.0. The second-order valence-corrected chi connectivity index (χ2v) is 9.59. The Labute approximate surface area is 242 Å². The van der Waals surface area contributed by atoms with Gasteiger partial charge in [0.1, 0.15) is 18.6 Å². The van der Waals surface area contributed by atoms with Crippen molar-refractivity contribution in [2.75, 3.05) is 35.2 Å². The summed E-state index contributed by atoms with van der Waals surface area (Å²) in [5, 5.41) is 0. The monoisotopic (exact) mass is 578 g/mol. The van der Waals surface area contributed by atoms with E-state index >= 15 is 0 Å². The number of hydrogen-bond acceptors (Lipinski definition) is 11. The quantitative estimate of drug-likeness (QED) is 0.208. The number of esters is 3. The van der Waals surface area contributed by atoms with E-state index in [4.69, 9.17) is 37.9 Å². The summed E-state index contributed by atoms with van der Waals surface area (Å²) >= 11 is 0. The summed E-state index contributed by atoms with van der Waals surface area (Å²) in [6.45, 7) is -0.103. The zero-order valence-electron chi connectivity index (χ0n) is 23.5. The minimum Gasteiger partial charge on any atom is -0.493 e. The van der Waals surface area contributed by atoms with Crippen LogP contribution in [0, 0.1) is 11.3 Å². The van der Waals surface area contributed by atoms with Crippen molar-refractivity contribution in [2.45, 2.75) is 18.8 Å². The predicted molar refractivity (Wildman–Crippen MR) is 145 cm³/mol. The van der Waals surface area contributed by atoms with Gasteiger partial charge >= 0.3 is 17.9 Å². The van der Waals surface area contributed by atoms with Gasteiger partial charge in [-0.05, 0) is 41.0 Å². The van der Waals surface area contributed by atoms with Crippen molar-refractivity contribution in [1.29, 1.82) is 0 Å². The van der Waals surface area contributed by atoms with Crippen molar-refractivity contribution in [3.05, 3.63) is 83.4 Å². The molecule has 0 unspecified atom stereocenters. The maximum absolute atomic E-state index is 14.1. The Bertz CT molecular complexity index is 1450. The number of hydrogen-bond donors (Lipinski definition) is 0. The Balaban J connectivity index is 1.69. The van der Waals surface area contributed by atoms with E-state index in [9.17, 15) is 14.4 Å². The maximum Gasteiger partial charge on any atom is 0.327 e. The molecule has 0 N–H and O–H groups in total. The van der Waals surface area contributed by atoms with Gasteiger partial charge in [0.2, 0.25) is 12.2 Å². The van der Waals surface area contributed by atoms with Crippen molar-refractivity contribution in [1.82, 2.24) is 0 Å². The first-order valence-corrected chi connectivity index (χ1v) is 13.0. The first-order valence-electron chi connectivity index (χ1n) is 13.0. The molecule has 0 aromatic heterocycles. The average Bonchev–Trinajstić information content (AvgIpc) is 3.66. The van der Waals surface area contributed by atoms with E-state index in [2.05, 4.69) is 0 Å². The molecule has 11 nitrogen and oxygen atoms in total. The van der Waals surface area contributed by atoms with Crippen molar-refractivity contribution in [2.24, 2.45) is 11.3 Å². The molecule has 1 fully saturated rings. The molecule has 0 radical (unpaired) electrons.